The molecule has 0 aliphatic rings. The van der Waals surface area contributed by atoms with Gasteiger partial charge in [0.2, 0.25) is 0 Å². The zero-order valence-corrected chi connectivity index (χ0v) is 13.5. The predicted molar refractivity (Wildman–Crippen MR) is 87.4 cm³/mol. The van der Waals surface area contributed by atoms with Crippen LogP contribution in [0.1, 0.15) is 47.6 Å². The van der Waals surface area contributed by atoms with Gasteiger partial charge in [-0.3, -0.25) is 0 Å². The molecule has 3 heteroatoms. The monoisotopic (exact) mass is 283 g/mol. The van der Waals surface area contributed by atoms with Crippen LogP contribution >= 0.6 is 0 Å². The Hall–Kier alpha value is -1.74. The van der Waals surface area contributed by atoms with Gasteiger partial charge in [-0.1, -0.05) is 25.1 Å². The molecule has 1 N–H and O–H groups in total. The van der Waals surface area contributed by atoms with Gasteiger partial charge >= 0.3 is 0 Å². The minimum Gasteiger partial charge on any atom is -0.308 e. The Kier molecular flexibility index (Phi) is 5.45. The lowest BCUT2D eigenvalue weighted by Crippen LogP contribution is -2.26. The normalized spacial score (nSPS) is 12.4. The topological polar surface area (TPSA) is 37.8 Å². The summed E-state index contributed by atoms with van der Waals surface area (Å²) in [6.45, 7) is 9.50. The molecule has 0 saturated carbocycles. The van der Waals surface area contributed by atoms with Crippen molar-refractivity contribution in [2.45, 2.75) is 46.6 Å². The molecule has 21 heavy (non-hydrogen) atoms. The van der Waals surface area contributed by atoms with Crippen LogP contribution < -0.4 is 5.32 Å². The second kappa shape index (κ2) is 7.32. The summed E-state index contributed by atoms with van der Waals surface area (Å²) < 4.78 is 0. The van der Waals surface area contributed by atoms with Crippen molar-refractivity contribution in [2.24, 2.45) is 0 Å². The van der Waals surface area contributed by atoms with E-state index in [1.54, 1.807) is 0 Å². The van der Waals surface area contributed by atoms with Crippen LogP contribution in [0.15, 0.2) is 30.5 Å². The molecule has 0 fully saturated rings. The molecule has 0 aliphatic heterocycles. The third-order valence-electron chi connectivity index (χ3n) is 3.85. The molecule has 1 unspecified atom stereocenters. The van der Waals surface area contributed by atoms with Gasteiger partial charge < -0.3 is 5.32 Å². The second-order valence-electron chi connectivity index (χ2n) is 5.61. The van der Waals surface area contributed by atoms with E-state index in [9.17, 15) is 0 Å². The van der Waals surface area contributed by atoms with E-state index in [1.165, 1.54) is 16.7 Å². The molecule has 1 atom stereocenters. The van der Waals surface area contributed by atoms with Crippen LogP contribution in [0.5, 0.6) is 0 Å². The minimum atomic E-state index is 0.242. The van der Waals surface area contributed by atoms with Gasteiger partial charge in [-0.25, -0.2) is 9.97 Å². The van der Waals surface area contributed by atoms with Crippen molar-refractivity contribution in [1.29, 1.82) is 0 Å². The van der Waals surface area contributed by atoms with Crippen LogP contribution in [0.2, 0.25) is 0 Å². The van der Waals surface area contributed by atoms with Crippen molar-refractivity contribution < 1.29 is 0 Å². The van der Waals surface area contributed by atoms with E-state index in [0.29, 0.717) is 0 Å². The summed E-state index contributed by atoms with van der Waals surface area (Å²) in [6, 6.07) is 8.76. The maximum Gasteiger partial charge on any atom is 0.125 e. The van der Waals surface area contributed by atoms with Gasteiger partial charge in [-0.15, -0.1) is 0 Å². The smallest absolute Gasteiger partial charge is 0.125 e. The van der Waals surface area contributed by atoms with E-state index in [2.05, 4.69) is 54.3 Å². The molecule has 1 aromatic carbocycles. The predicted octanol–water partition coefficient (Wildman–Crippen LogP) is 3.69. The van der Waals surface area contributed by atoms with Gasteiger partial charge in [0.1, 0.15) is 5.82 Å². The van der Waals surface area contributed by atoms with Gasteiger partial charge in [0, 0.05) is 6.20 Å². The van der Waals surface area contributed by atoms with E-state index in [1.807, 2.05) is 19.2 Å². The molecule has 0 spiro atoms. The number of aromatic nitrogens is 2. The fourth-order valence-electron chi connectivity index (χ4n) is 2.64. The van der Waals surface area contributed by atoms with Gasteiger partial charge in [-0.05, 0) is 62.9 Å². The zero-order chi connectivity index (χ0) is 15.2. The lowest BCUT2D eigenvalue weighted by atomic mass is 9.95. The van der Waals surface area contributed by atoms with E-state index >= 15 is 0 Å². The first-order chi connectivity index (χ1) is 10.1. The summed E-state index contributed by atoms with van der Waals surface area (Å²) in [5.41, 5.74) is 5.20. The number of rotatable bonds is 6. The van der Waals surface area contributed by atoms with E-state index in [-0.39, 0.29) is 6.04 Å². The Morgan fingerprint density at radius 2 is 1.81 bits per heavy atom. The molecular weight excluding hydrogens is 258 g/mol. The van der Waals surface area contributed by atoms with Crippen molar-refractivity contribution in [3.8, 4) is 0 Å². The van der Waals surface area contributed by atoms with Crippen LogP contribution in [0, 0.1) is 20.8 Å². The minimum absolute atomic E-state index is 0.242. The van der Waals surface area contributed by atoms with Crippen molar-refractivity contribution in [3.63, 3.8) is 0 Å². The van der Waals surface area contributed by atoms with Crippen molar-refractivity contribution >= 4 is 0 Å². The molecule has 112 valence electrons. The standard InChI is InChI=1S/C18H25N3/c1-5-10-20-18(17-9-11-19-15(4)21-17)12-16-13(2)7-6-8-14(16)3/h6-9,11,18,20H,5,10,12H2,1-4H3. The van der Waals surface area contributed by atoms with E-state index in [4.69, 9.17) is 0 Å². The van der Waals surface area contributed by atoms with Gasteiger partial charge in [0.05, 0.1) is 11.7 Å². The number of nitrogens with zero attached hydrogens (tertiary/aromatic N) is 2. The lowest BCUT2D eigenvalue weighted by Gasteiger charge is -2.20. The maximum atomic E-state index is 4.61. The first kappa shape index (κ1) is 15.6. The highest BCUT2D eigenvalue weighted by molar-refractivity contribution is 5.34. The third-order valence-corrected chi connectivity index (χ3v) is 3.85. The maximum absolute atomic E-state index is 4.61. The fraction of sp³-hybridized carbons (Fsp3) is 0.444. The molecular formula is C18H25N3. The van der Waals surface area contributed by atoms with Crippen LogP contribution in [-0.4, -0.2) is 16.5 Å². The number of hydrogen-bond donors (Lipinski definition) is 1. The molecule has 2 aromatic rings. The highest BCUT2D eigenvalue weighted by Crippen LogP contribution is 2.22. The Bertz CT molecular complexity index is 573. The molecule has 0 saturated heterocycles. The van der Waals surface area contributed by atoms with Crippen LogP contribution in [-0.2, 0) is 6.42 Å². The molecule has 0 amide bonds. The Balaban J connectivity index is 2.28. The fourth-order valence-corrected chi connectivity index (χ4v) is 2.64. The van der Waals surface area contributed by atoms with E-state index < -0.39 is 0 Å². The zero-order valence-electron chi connectivity index (χ0n) is 13.5. The summed E-state index contributed by atoms with van der Waals surface area (Å²) in [6.07, 6.45) is 3.94. The lowest BCUT2D eigenvalue weighted by molar-refractivity contribution is 0.514. The summed E-state index contributed by atoms with van der Waals surface area (Å²) in [7, 11) is 0. The first-order valence-electron chi connectivity index (χ1n) is 7.69. The quantitative estimate of drug-likeness (QED) is 0.878. The van der Waals surface area contributed by atoms with Crippen LogP contribution in [0.4, 0.5) is 0 Å². The SMILES string of the molecule is CCCNC(Cc1c(C)cccc1C)c1ccnc(C)n1. The number of benzene rings is 1. The van der Waals surface area contributed by atoms with Crippen molar-refractivity contribution in [2.75, 3.05) is 6.54 Å². The molecule has 1 heterocycles. The van der Waals surface area contributed by atoms with Gasteiger partial charge in [0.25, 0.3) is 0 Å². The van der Waals surface area contributed by atoms with Gasteiger partial charge in [-0.2, -0.15) is 0 Å². The highest BCUT2D eigenvalue weighted by Gasteiger charge is 2.15. The van der Waals surface area contributed by atoms with E-state index in [0.717, 1.165) is 30.9 Å². The Morgan fingerprint density at radius 3 is 2.43 bits per heavy atom. The molecule has 1 aromatic heterocycles. The van der Waals surface area contributed by atoms with Crippen molar-refractivity contribution in [1.82, 2.24) is 15.3 Å². The van der Waals surface area contributed by atoms with Crippen LogP contribution in [0.3, 0.4) is 0 Å². The van der Waals surface area contributed by atoms with Gasteiger partial charge in [0.15, 0.2) is 0 Å². The number of nitrogens with one attached hydrogen (secondary N) is 1. The second-order valence-corrected chi connectivity index (χ2v) is 5.61. The highest BCUT2D eigenvalue weighted by atomic mass is 15.0. The first-order valence-corrected chi connectivity index (χ1v) is 7.69. The molecule has 0 radical (unpaired) electrons. The molecule has 0 bridgehead atoms. The van der Waals surface area contributed by atoms with Crippen molar-refractivity contribution in [3.05, 3.63) is 58.7 Å². The Morgan fingerprint density at radius 1 is 1.10 bits per heavy atom. The molecule has 0 aliphatic carbocycles. The average Bonchev–Trinajstić information content (AvgIpc) is 2.46. The largest absolute Gasteiger partial charge is 0.308 e. The Labute approximate surface area is 127 Å². The van der Waals surface area contributed by atoms with Crippen LogP contribution in [0.25, 0.3) is 0 Å². The summed E-state index contributed by atoms with van der Waals surface area (Å²) >= 11 is 0. The number of hydrogen-bond acceptors (Lipinski definition) is 3. The average molecular weight is 283 g/mol. The summed E-state index contributed by atoms with van der Waals surface area (Å²) in [4.78, 5) is 8.81. The molecule has 2 rings (SSSR count). The summed E-state index contributed by atoms with van der Waals surface area (Å²) in [5.74, 6) is 0.831. The number of aryl methyl sites for hydroxylation is 3. The summed E-state index contributed by atoms with van der Waals surface area (Å²) in [5, 5.41) is 3.63. The third kappa shape index (κ3) is 4.11. The molecule has 3 nitrogen and oxygen atoms in total.